The fourth-order valence-corrected chi connectivity index (χ4v) is 6.08. The van der Waals surface area contributed by atoms with Crippen molar-refractivity contribution in [3.05, 3.63) is 81.4 Å². The van der Waals surface area contributed by atoms with Crippen LogP contribution in [0.5, 0.6) is 0 Å². The molecule has 1 N–H and O–H groups in total. The molecule has 0 saturated carbocycles. The smallest absolute Gasteiger partial charge is 0.142 e. The largest absolute Gasteiger partial charge is 0.363 e. The van der Waals surface area contributed by atoms with Crippen molar-refractivity contribution >= 4 is 50.7 Å². The average molecular weight is 452 g/mol. The molecule has 3 nitrogen and oxygen atoms in total. The molecule has 1 atom stereocenters. The number of fused-ring (bicyclic) bond motifs is 3. The number of hydrogen-bond acceptors (Lipinski definition) is 5. The number of rotatable bonds is 6. The van der Waals surface area contributed by atoms with E-state index >= 15 is 0 Å². The van der Waals surface area contributed by atoms with Gasteiger partial charge in [-0.05, 0) is 61.6 Å². The Morgan fingerprint density at radius 2 is 1.87 bits per heavy atom. The number of thioether (sulfide) groups is 1. The van der Waals surface area contributed by atoms with Crippen LogP contribution in [-0.2, 0) is 18.6 Å². The third kappa shape index (κ3) is 4.07. The van der Waals surface area contributed by atoms with Crippen molar-refractivity contribution in [3.8, 4) is 0 Å². The Labute approximate surface area is 189 Å². The SMILES string of the molecule is C[C@H](Nc1nc(CSc2ccc(Cl)cc2)nc2sc3c(c12)CCC3)c1ccccc1. The number of benzene rings is 2. The van der Waals surface area contributed by atoms with Gasteiger partial charge in [-0.15, -0.1) is 23.1 Å². The van der Waals surface area contributed by atoms with Crippen LogP contribution in [0.15, 0.2) is 59.5 Å². The second kappa shape index (κ2) is 8.58. The molecule has 0 unspecified atom stereocenters. The van der Waals surface area contributed by atoms with Crippen molar-refractivity contribution in [2.45, 2.75) is 42.9 Å². The van der Waals surface area contributed by atoms with Crippen LogP contribution in [0, 0.1) is 0 Å². The highest BCUT2D eigenvalue weighted by atomic mass is 35.5. The van der Waals surface area contributed by atoms with E-state index in [0.29, 0.717) is 0 Å². The predicted molar refractivity (Wildman–Crippen MR) is 129 cm³/mol. The Morgan fingerprint density at radius 3 is 2.67 bits per heavy atom. The number of thiophene rings is 1. The van der Waals surface area contributed by atoms with Gasteiger partial charge in [0.05, 0.1) is 11.1 Å². The van der Waals surface area contributed by atoms with Crippen LogP contribution in [0.3, 0.4) is 0 Å². The van der Waals surface area contributed by atoms with Gasteiger partial charge in [-0.25, -0.2) is 9.97 Å². The first-order valence-corrected chi connectivity index (χ1v) is 12.4. The topological polar surface area (TPSA) is 37.8 Å². The summed E-state index contributed by atoms with van der Waals surface area (Å²) in [5.41, 5.74) is 2.71. The van der Waals surface area contributed by atoms with E-state index in [-0.39, 0.29) is 6.04 Å². The number of halogens is 1. The molecular weight excluding hydrogens is 430 g/mol. The minimum Gasteiger partial charge on any atom is -0.363 e. The Morgan fingerprint density at radius 1 is 1.07 bits per heavy atom. The summed E-state index contributed by atoms with van der Waals surface area (Å²) in [6.07, 6.45) is 3.53. The average Bonchev–Trinajstić information content (AvgIpc) is 3.35. The molecule has 0 bridgehead atoms. The molecule has 5 rings (SSSR count). The van der Waals surface area contributed by atoms with E-state index < -0.39 is 0 Å². The summed E-state index contributed by atoms with van der Waals surface area (Å²) in [5, 5.41) is 5.68. The maximum atomic E-state index is 6.01. The fraction of sp³-hybridized carbons (Fsp3) is 0.250. The first-order valence-electron chi connectivity index (χ1n) is 10.2. The Hall–Kier alpha value is -2.08. The molecule has 2 heterocycles. The summed E-state index contributed by atoms with van der Waals surface area (Å²) < 4.78 is 0. The molecule has 30 heavy (non-hydrogen) atoms. The van der Waals surface area contributed by atoms with Gasteiger partial charge in [0.25, 0.3) is 0 Å². The standard InChI is InChI=1S/C24H22ClN3S2/c1-15(16-6-3-2-4-7-16)26-23-22-19-8-5-9-20(19)30-24(22)28-21(27-23)14-29-18-12-10-17(25)11-13-18/h2-4,6-7,10-13,15H,5,8-9,14H2,1H3,(H,26,27,28)/t15-/m0/s1. The summed E-state index contributed by atoms with van der Waals surface area (Å²) >= 11 is 9.59. The number of aryl methyl sites for hydroxylation is 2. The normalized spacial score (nSPS) is 14.1. The van der Waals surface area contributed by atoms with Crippen LogP contribution in [0.1, 0.15) is 41.2 Å². The van der Waals surface area contributed by atoms with Crippen LogP contribution in [-0.4, -0.2) is 9.97 Å². The number of nitrogens with one attached hydrogen (secondary N) is 1. The summed E-state index contributed by atoms with van der Waals surface area (Å²) in [6, 6.07) is 18.6. The van der Waals surface area contributed by atoms with Gasteiger partial charge in [0.1, 0.15) is 16.5 Å². The molecule has 2 aromatic heterocycles. The van der Waals surface area contributed by atoms with E-state index in [4.69, 9.17) is 21.6 Å². The lowest BCUT2D eigenvalue weighted by Crippen LogP contribution is -2.10. The monoisotopic (exact) mass is 451 g/mol. The minimum absolute atomic E-state index is 0.179. The van der Waals surface area contributed by atoms with E-state index in [1.165, 1.54) is 39.1 Å². The van der Waals surface area contributed by atoms with Crippen molar-refractivity contribution < 1.29 is 0 Å². The van der Waals surface area contributed by atoms with Crippen molar-refractivity contribution in [1.82, 2.24) is 9.97 Å². The van der Waals surface area contributed by atoms with Crippen molar-refractivity contribution in [2.24, 2.45) is 0 Å². The number of anilines is 1. The van der Waals surface area contributed by atoms with Gasteiger partial charge in [-0.2, -0.15) is 0 Å². The first-order chi connectivity index (χ1) is 14.7. The Bertz CT molecular complexity index is 1170. The fourth-order valence-electron chi connectivity index (χ4n) is 3.92. The Balaban J connectivity index is 1.47. The van der Waals surface area contributed by atoms with Gasteiger partial charge >= 0.3 is 0 Å². The molecule has 4 aromatic rings. The van der Waals surface area contributed by atoms with Gasteiger partial charge < -0.3 is 5.32 Å². The highest BCUT2D eigenvalue weighted by Crippen LogP contribution is 2.40. The third-order valence-corrected chi connectivity index (χ3v) is 7.89. The van der Waals surface area contributed by atoms with Gasteiger partial charge in [0, 0.05) is 20.8 Å². The zero-order valence-electron chi connectivity index (χ0n) is 16.7. The molecule has 1 aliphatic rings. The molecule has 0 radical (unpaired) electrons. The second-order valence-electron chi connectivity index (χ2n) is 7.55. The lowest BCUT2D eigenvalue weighted by molar-refractivity contribution is 0.870. The summed E-state index contributed by atoms with van der Waals surface area (Å²) in [6.45, 7) is 2.19. The highest BCUT2D eigenvalue weighted by molar-refractivity contribution is 7.98. The minimum atomic E-state index is 0.179. The molecule has 1 aliphatic carbocycles. The van der Waals surface area contributed by atoms with E-state index in [9.17, 15) is 0 Å². The predicted octanol–water partition coefficient (Wildman–Crippen LogP) is 7.30. The third-order valence-electron chi connectivity index (χ3n) is 5.45. The quantitative estimate of drug-likeness (QED) is 0.312. The van der Waals surface area contributed by atoms with Crippen molar-refractivity contribution in [1.29, 1.82) is 0 Å². The zero-order chi connectivity index (χ0) is 20.5. The first kappa shape index (κ1) is 19.9. The van der Waals surface area contributed by atoms with Gasteiger partial charge in [0.2, 0.25) is 0 Å². The summed E-state index contributed by atoms with van der Waals surface area (Å²) in [5.74, 6) is 2.57. The molecule has 0 amide bonds. The van der Waals surface area contributed by atoms with Crippen LogP contribution in [0.4, 0.5) is 5.82 Å². The van der Waals surface area contributed by atoms with Crippen LogP contribution in [0.25, 0.3) is 10.2 Å². The van der Waals surface area contributed by atoms with E-state index in [1.807, 2.05) is 35.6 Å². The number of aromatic nitrogens is 2. The summed E-state index contributed by atoms with van der Waals surface area (Å²) in [4.78, 5) is 13.7. The van der Waals surface area contributed by atoms with Crippen molar-refractivity contribution in [3.63, 3.8) is 0 Å². The lowest BCUT2D eigenvalue weighted by atomic mass is 10.1. The van der Waals surface area contributed by atoms with Crippen LogP contribution < -0.4 is 5.32 Å². The summed E-state index contributed by atoms with van der Waals surface area (Å²) in [7, 11) is 0. The lowest BCUT2D eigenvalue weighted by Gasteiger charge is -2.17. The van der Waals surface area contributed by atoms with Crippen LogP contribution >= 0.6 is 34.7 Å². The molecule has 0 spiro atoms. The van der Waals surface area contributed by atoms with Gasteiger partial charge in [-0.1, -0.05) is 41.9 Å². The van der Waals surface area contributed by atoms with E-state index in [1.54, 1.807) is 11.8 Å². The maximum Gasteiger partial charge on any atom is 0.142 e. The molecule has 0 saturated heterocycles. The Kier molecular flexibility index (Phi) is 5.68. The molecule has 2 aromatic carbocycles. The highest BCUT2D eigenvalue weighted by Gasteiger charge is 2.23. The molecule has 152 valence electrons. The van der Waals surface area contributed by atoms with Crippen molar-refractivity contribution in [2.75, 3.05) is 5.32 Å². The molecule has 0 aliphatic heterocycles. The second-order valence-corrected chi connectivity index (χ2v) is 10.1. The number of nitrogens with zero attached hydrogens (tertiary/aromatic N) is 2. The van der Waals surface area contributed by atoms with Crippen LogP contribution in [0.2, 0.25) is 5.02 Å². The number of hydrogen-bond donors (Lipinski definition) is 1. The van der Waals surface area contributed by atoms with Gasteiger partial charge in [0.15, 0.2) is 0 Å². The zero-order valence-corrected chi connectivity index (χ0v) is 19.1. The van der Waals surface area contributed by atoms with Gasteiger partial charge in [-0.3, -0.25) is 0 Å². The van der Waals surface area contributed by atoms with E-state index in [2.05, 4.69) is 42.6 Å². The molecule has 0 fully saturated rings. The van der Waals surface area contributed by atoms with E-state index in [0.717, 1.165) is 33.7 Å². The molecule has 6 heteroatoms. The molecular formula is C24H22ClN3S2. The maximum absolute atomic E-state index is 6.01.